The predicted octanol–water partition coefficient (Wildman–Crippen LogP) is 4.83. The molecular formula is C19H19Cl2NO2. The van der Waals surface area contributed by atoms with Gasteiger partial charge in [0.1, 0.15) is 12.4 Å². The van der Waals surface area contributed by atoms with Gasteiger partial charge in [-0.2, -0.15) is 0 Å². The minimum absolute atomic E-state index is 0.112. The monoisotopic (exact) mass is 363 g/mol. The summed E-state index contributed by atoms with van der Waals surface area (Å²) in [6.07, 6.45) is 3.18. The maximum absolute atomic E-state index is 12.3. The molecule has 2 rings (SSSR count). The summed E-state index contributed by atoms with van der Waals surface area (Å²) in [6.45, 7) is 1.38. The standard InChI is InChI=1S/C19H19Cl2NO2/c1-22(2)10-11-24-17-5-3-4-15(12-17)19(23)9-7-14-6-8-16(20)13-18(14)21/h3-9,12-13H,10-11H2,1-2H3. The molecular weight excluding hydrogens is 345 g/mol. The van der Waals surface area contributed by atoms with E-state index < -0.39 is 0 Å². The van der Waals surface area contributed by atoms with E-state index in [9.17, 15) is 4.79 Å². The van der Waals surface area contributed by atoms with Gasteiger partial charge in [-0.1, -0.05) is 41.4 Å². The first-order valence-corrected chi connectivity index (χ1v) is 8.26. The maximum Gasteiger partial charge on any atom is 0.185 e. The van der Waals surface area contributed by atoms with E-state index in [4.69, 9.17) is 27.9 Å². The van der Waals surface area contributed by atoms with Crippen molar-refractivity contribution in [3.8, 4) is 5.75 Å². The Kier molecular flexibility index (Phi) is 6.85. The molecule has 0 heterocycles. The molecule has 0 N–H and O–H groups in total. The summed E-state index contributed by atoms with van der Waals surface area (Å²) < 4.78 is 5.65. The molecule has 24 heavy (non-hydrogen) atoms. The van der Waals surface area contributed by atoms with Gasteiger partial charge in [-0.05, 0) is 56.1 Å². The van der Waals surface area contributed by atoms with Gasteiger partial charge in [0, 0.05) is 22.2 Å². The highest BCUT2D eigenvalue weighted by Gasteiger charge is 2.05. The number of carbonyl (C=O) groups is 1. The highest BCUT2D eigenvalue weighted by molar-refractivity contribution is 6.35. The lowest BCUT2D eigenvalue weighted by molar-refractivity contribution is 0.104. The first-order chi connectivity index (χ1) is 11.5. The predicted molar refractivity (Wildman–Crippen MR) is 100 cm³/mol. The molecule has 0 aliphatic carbocycles. The van der Waals surface area contributed by atoms with Gasteiger partial charge >= 0.3 is 0 Å². The van der Waals surface area contributed by atoms with Crippen molar-refractivity contribution in [2.24, 2.45) is 0 Å². The molecule has 0 unspecified atom stereocenters. The number of ketones is 1. The zero-order chi connectivity index (χ0) is 17.5. The zero-order valence-corrected chi connectivity index (χ0v) is 15.1. The van der Waals surface area contributed by atoms with Crippen LogP contribution in [-0.2, 0) is 0 Å². The number of hydrogen-bond acceptors (Lipinski definition) is 3. The molecule has 0 aliphatic heterocycles. The number of benzene rings is 2. The second-order valence-electron chi connectivity index (χ2n) is 5.54. The van der Waals surface area contributed by atoms with Crippen LogP contribution in [0.5, 0.6) is 5.75 Å². The summed E-state index contributed by atoms with van der Waals surface area (Å²) in [7, 11) is 3.96. The van der Waals surface area contributed by atoms with Gasteiger partial charge in [0.25, 0.3) is 0 Å². The number of allylic oxidation sites excluding steroid dienone is 1. The Labute approximate surface area is 152 Å². The number of rotatable bonds is 7. The van der Waals surface area contributed by atoms with Crippen molar-refractivity contribution in [1.82, 2.24) is 4.90 Å². The lowest BCUT2D eigenvalue weighted by atomic mass is 10.1. The third kappa shape index (κ3) is 5.68. The van der Waals surface area contributed by atoms with Crippen molar-refractivity contribution in [2.75, 3.05) is 27.2 Å². The molecule has 2 aromatic carbocycles. The zero-order valence-electron chi connectivity index (χ0n) is 13.6. The Morgan fingerprint density at radius 2 is 1.96 bits per heavy atom. The number of carbonyl (C=O) groups excluding carboxylic acids is 1. The fourth-order valence-corrected chi connectivity index (χ4v) is 2.46. The second kappa shape index (κ2) is 8.88. The largest absolute Gasteiger partial charge is 0.492 e. The third-order valence-electron chi connectivity index (χ3n) is 3.30. The Morgan fingerprint density at radius 3 is 2.67 bits per heavy atom. The molecule has 126 valence electrons. The molecule has 0 atom stereocenters. The van der Waals surface area contributed by atoms with Crippen LogP contribution in [0.25, 0.3) is 6.08 Å². The van der Waals surface area contributed by atoms with Crippen molar-refractivity contribution in [2.45, 2.75) is 0 Å². The molecule has 0 amide bonds. The Morgan fingerprint density at radius 1 is 1.17 bits per heavy atom. The molecule has 0 aliphatic rings. The minimum Gasteiger partial charge on any atom is -0.492 e. The average molecular weight is 364 g/mol. The molecule has 2 aromatic rings. The van der Waals surface area contributed by atoms with Crippen LogP contribution in [0.3, 0.4) is 0 Å². The van der Waals surface area contributed by atoms with Crippen LogP contribution in [0, 0.1) is 0 Å². The smallest absolute Gasteiger partial charge is 0.185 e. The van der Waals surface area contributed by atoms with Crippen molar-refractivity contribution in [1.29, 1.82) is 0 Å². The molecule has 0 fully saturated rings. The Bertz CT molecular complexity index is 742. The van der Waals surface area contributed by atoms with Gasteiger partial charge in [-0.15, -0.1) is 0 Å². The number of nitrogens with zero attached hydrogens (tertiary/aromatic N) is 1. The van der Waals surface area contributed by atoms with E-state index in [1.54, 1.807) is 42.5 Å². The van der Waals surface area contributed by atoms with Crippen molar-refractivity contribution < 1.29 is 9.53 Å². The summed E-state index contributed by atoms with van der Waals surface area (Å²) in [6, 6.07) is 12.3. The molecule has 0 radical (unpaired) electrons. The van der Waals surface area contributed by atoms with Gasteiger partial charge in [0.15, 0.2) is 5.78 Å². The molecule has 0 bridgehead atoms. The number of likely N-dealkylation sites (N-methyl/N-ethyl adjacent to an activating group) is 1. The molecule has 0 saturated carbocycles. The van der Waals surface area contributed by atoms with Crippen molar-refractivity contribution >= 4 is 35.1 Å². The lowest BCUT2D eigenvalue weighted by Gasteiger charge is -2.11. The SMILES string of the molecule is CN(C)CCOc1cccc(C(=O)C=Cc2ccc(Cl)cc2Cl)c1. The lowest BCUT2D eigenvalue weighted by Crippen LogP contribution is -2.19. The van der Waals surface area contributed by atoms with Gasteiger partial charge in [-0.25, -0.2) is 0 Å². The molecule has 5 heteroatoms. The fraction of sp³-hybridized carbons (Fsp3) is 0.211. The van der Waals surface area contributed by atoms with Crippen LogP contribution in [-0.4, -0.2) is 37.9 Å². The summed E-state index contributed by atoms with van der Waals surface area (Å²) in [5, 5.41) is 1.07. The highest BCUT2D eigenvalue weighted by atomic mass is 35.5. The normalized spacial score (nSPS) is 11.2. The van der Waals surface area contributed by atoms with Gasteiger partial charge in [0.2, 0.25) is 0 Å². The quantitative estimate of drug-likeness (QED) is 0.521. The Hall–Kier alpha value is -1.81. The second-order valence-corrected chi connectivity index (χ2v) is 6.39. The number of ether oxygens (including phenoxy) is 1. The topological polar surface area (TPSA) is 29.5 Å². The first kappa shape index (κ1) is 18.5. The van der Waals surface area contributed by atoms with Gasteiger partial charge in [0.05, 0.1) is 0 Å². The average Bonchev–Trinajstić information content (AvgIpc) is 2.54. The molecule has 0 aromatic heterocycles. The Balaban J connectivity index is 2.05. The van der Waals surface area contributed by atoms with Crippen LogP contribution in [0.4, 0.5) is 0 Å². The number of halogens is 2. The molecule has 0 spiro atoms. The third-order valence-corrected chi connectivity index (χ3v) is 3.86. The minimum atomic E-state index is -0.112. The van der Waals surface area contributed by atoms with E-state index in [1.807, 2.05) is 25.1 Å². The summed E-state index contributed by atoms with van der Waals surface area (Å²) in [5.74, 6) is 0.569. The summed E-state index contributed by atoms with van der Waals surface area (Å²) in [4.78, 5) is 14.3. The van der Waals surface area contributed by atoms with E-state index in [0.717, 1.165) is 12.1 Å². The van der Waals surface area contributed by atoms with Crippen LogP contribution in [0.2, 0.25) is 10.0 Å². The summed E-state index contributed by atoms with van der Waals surface area (Å²) >= 11 is 12.0. The van der Waals surface area contributed by atoms with Crippen LogP contribution in [0.1, 0.15) is 15.9 Å². The maximum atomic E-state index is 12.3. The highest BCUT2D eigenvalue weighted by Crippen LogP contribution is 2.22. The van der Waals surface area contributed by atoms with E-state index in [1.165, 1.54) is 6.08 Å². The van der Waals surface area contributed by atoms with Crippen molar-refractivity contribution in [3.63, 3.8) is 0 Å². The van der Waals surface area contributed by atoms with Crippen LogP contribution >= 0.6 is 23.2 Å². The summed E-state index contributed by atoms with van der Waals surface area (Å²) in [5.41, 5.74) is 1.31. The van der Waals surface area contributed by atoms with Crippen molar-refractivity contribution in [3.05, 3.63) is 69.7 Å². The van der Waals surface area contributed by atoms with Crippen LogP contribution in [0.15, 0.2) is 48.5 Å². The molecule has 3 nitrogen and oxygen atoms in total. The molecule has 0 saturated heterocycles. The number of hydrogen-bond donors (Lipinski definition) is 0. The first-order valence-electron chi connectivity index (χ1n) is 7.51. The van der Waals surface area contributed by atoms with Gasteiger partial charge in [-0.3, -0.25) is 4.79 Å². The fourth-order valence-electron chi connectivity index (χ4n) is 1.98. The van der Waals surface area contributed by atoms with E-state index in [-0.39, 0.29) is 5.78 Å². The van der Waals surface area contributed by atoms with Crippen LogP contribution < -0.4 is 4.74 Å². The van der Waals surface area contributed by atoms with Gasteiger partial charge < -0.3 is 9.64 Å². The van der Waals surface area contributed by atoms with E-state index >= 15 is 0 Å². The van der Waals surface area contributed by atoms with E-state index in [0.29, 0.717) is 28.0 Å². The van der Waals surface area contributed by atoms with E-state index in [2.05, 4.69) is 0 Å².